The van der Waals surface area contributed by atoms with Crippen LogP contribution in [0.15, 0.2) is 23.0 Å². The summed E-state index contributed by atoms with van der Waals surface area (Å²) in [5.41, 5.74) is 3.94. The summed E-state index contributed by atoms with van der Waals surface area (Å²) in [6, 6.07) is 6.35. The minimum Gasteiger partial charge on any atom is -0.506 e. The fraction of sp³-hybridized carbons (Fsp3) is 0.417. The summed E-state index contributed by atoms with van der Waals surface area (Å²) >= 11 is 0. The number of aromatic nitrogens is 2. The molecular formula is C24H29N3O4. The van der Waals surface area contributed by atoms with Crippen molar-refractivity contribution >= 4 is 16.9 Å². The maximum Gasteiger partial charge on any atom is 0.345 e. The zero-order valence-corrected chi connectivity index (χ0v) is 18.0. The zero-order valence-electron chi connectivity index (χ0n) is 18.0. The molecule has 1 aliphatic rings. The van der Waals surface area contributed by atoms with Crippen LogP contribution in [0, 0.1) is 0 Å². The predicted molar refractivity (Wildman–Crippen MR) is 121 cm³/mol. The van der Waals surface area contributed by atoms with Crippen LogP contribution in [0.3, 0.4) is 0 Å². The van der Waals surface area contributed by atoms with Crippen LogP contribution in [0.1, 0.15) is 59.8 Å². The number of hydrogen-bond donors (Lipinski definition) is 4. The molecule has 164 valence electrons. The van der Waals surface area contributed by atoms with Crippen molar-refractivity contribution in [2.45, 2.75) is 52.0 Å². The van der Waals surface area contributed by atoms with Crippen LogP contribution in [0.25, 0.3) is 22.2 Å². The van der Waals surface area contributed by atoms with Gasteiger partial charge in [-0.25, -0.2) is 4.79 Å². The van der Waals surface area contributed by atoms with E-state index >= 15 is 0 Å². The van der Waals surface area contributed by atoms with Gasteiger partial charge in [0, 0.05) is 41.3 Å². The van der Waals surface area contributed by atoms with Crippen molar-refractivity contribution in [2.24, 2.45) is 7.05 Å². The first kappa shape index (κ1) is 21.2. The van der Waals surface area contributed by atoms with Gasteiger partial charge in [-0.15, -0.1) is 0 Å². The molecule has 0 saturated heterocycles. The van der Waals surface area contributed by atoms with E-state index in [-0.39, 0.29) is 0 Å². The van der Waals surface area contributed by atoms with Gasteiger partial charge < -0.3 is 25.1 Å². The van der Waals surface area contributed by atoms with Crippen LogP contribution in [0.4, 0.5) is 0 Å². The smallest absolute Gasteiger partial charge is 0.345 e. The predicted octanol–water partition coefficient (Wildman–Crippen LogP) is 3.71. The van der Waals surface area contributed by atoms with E-state index in [0.717, 1.165) is 48.0 Å². The van der Waals surface area contributed by atoms with Gasteiger partial charge in [-0.1, -0.05) is 19.8 Å². The van der Waals surface area contributed by atoms with Gasteiger partial charge in [0.15, 0.2) is 5.56 Å². The van der Waals surface area contributed by atoms with E-state index in [1.54, 1.807) is 0 Å². The molecule has 4 rings (SSSR count). The van der Waals surface area contributed by atoms with Crippen molar-refractivity contribution in [2.75, 3.05) is 6.54 Å². The first-order chi connectivity index (χ1) is 14.9. The Kier molecular flexibility index (Phi) is 5.87. The molecule has 0 radical (unpaired) electrons. The molecule has 0 saturated carbocycles. The number of hydrogen-bond acceptors (Lipinski definition) is 4. The highest BCUT2D eigenvalue weighted by Crippen LogP contribution is 2.38. The summed E-state index contributed by atoms with van der Waals surface area (Å²) in [4.78, 5) is 26.6. The maximum absolute atomic E-state index is 12.4. The molecule has 0 atom stereocenters. The van der Waals surface area contributed by atoms with E-state index < -0.39 is 22.8 Å². The van der Waals surface area contributed by atoms with E-state index in [2.05, 4.69) is 41.0 Å². The Balaban J connectivity index is 1.76. The van der Waals surface area contributed by atoms with Crippen LogP contribution in [-0.4, -0.2) is 32.3 Å². The summed E-state index contributed by atoms with van der Waals surface area (Å²) < 4.78 is 2.20. The average molecular weight is 424 g/mol. The van der Waals surface area contributed by atoms with Gasteiger partial charge in [-0.3, -0.25) is 4.79 Å². The number of aryl methyl sites for hydroxylation is 2. The molecule has 0 spiro atoms. The Hall–Kier alpha value is -3.06. The third kappa shape index (κ3) is 3.85. The minimum absolute atomic E-state index is 0.413. The van der Waals surface area contributed by atoms with Crippen molar-refractivity contribution in [1.82, 2.24) is 14.9 Å². The number of carboxylic acids is 1. The summed E-state index contributed by atoms with van der Waals surface area (Å²) in [5, 5.41) is 24.4. The first-order valence-corrected chi connectivity index (χ1v) is 11.0. The monoisotopic (exact) mass is 423 g/mol. The Morgan fingerprint density at radius 1 is 1.23 bits per heavy atom. The fourth-order valence-electron chi connectivity index (χ4n) is 4.57. The standard InChI is InChI=1S/C24H29N3O4/c1-3-4-5-9-25-13-16-10-15-11-18-14(12-19(15)27(16)2)7-6-8-17-21(18)26-23(29)20(22(17)28)24(30)31/h10-12,25H,3-9,13H2,1-2H3,(H,30,31)(H2,26,28,29). The van der Waals surface area contributed by atoms with E-state index in [1.807, 2.05) is 6.07 Å². The molecule has 7 heteroatoms. The maximum atomic E-state index is 12.4. The van der Waals surface area contributed by atoms with Gasteiger partial charge in [0.25, 0.3) is 5.56 Å². The van der Waals surface area contributed by atoms with E-state index in [0.29, 0.717) is 17.7 Å². The Labute approximate surface area is 180 Å². The van der Waals surface area contributed by atoms with Crippen LogP contribution in [0.5, 0.6) is 5.75 Å². The molecule has 4 N–H and O–H groups in total. The summed E-state index contributed by atoms with van der Waals surface area (Å²) in [6.45, 7) is 3.98. The number of unbranched alkanes of at least 4 members (excludes halogenated alkanes) is 2. The molecular weight excluding hydrogens is 394 g/mol. The molecule has 0 amide bonds. The molecule has 1 aromatic carbocycles. The van der Waals surface area contributed by atoms with E-state index in [9.17, 15) is 19.8 Å². The number of aromatic carboxylic acids is 1. The van der Waals surface area contributed by atoms with Crippen LogP contribution < -0.4 is 10.9 Å². The van der Waals surface area contributed by atoms with E-state index in [4.69, 9.17) is 0 Å². The lowest BCUT2D eigenvalue weighted by molar-refractivity contribution is 0.0691. The molecule has 0 unspecified atom stereocenters. The molecule has 2 heterocycles. The van der Waals surface area contributed by atoms with Crippen molar-refractivity contribution in [3.05, 3.63) is 50.9 Å². The SMILES string of the molecule is CCCCCNCc1cc2cc3c(cc2n1C)CCCc1c-3[nH]c(=O)c(C(=O)O)c1O. The van der Waals surface area contributed by atoms with Crippen molar-refractivity contribution in [3.63, 3.8) is 0 Å². The highest BCUT2D eigenvalue weighted by atomic mass is 16.4. The number of fused-ring (bicyclic) bond motifs is 4. The molecule has 2 aromatic heterocycles. The van der Waals surface area contributed by atoms with Gasteiger partial charge >= 0.3 is 5.97 Å². The van der Waals surface area contributed by atoms with Gasteiger partial charge in [0.1, 0.15) is 5.75 Å². The zero-order chi connectivity index (χ0) is 22.1. The number of aromatic hydroxyl groups is 1. The number of nitrogens with zero attached hydrogens (tertiary/aromatic N) is 1. The van der Waals surface area contributed by atoms with Crippen LogP contribution in [0.2, 0.25) is 0 Å². The minimum atomic E-state index is -1.42. The number of H-pyrrole nitrogens is 1. The lowest BCUT2D eigenvalue weighted by Crippen LogP contribution is -2.20. The number of benzene rings is 1. The number of carbonyl (C=O) groups is 1. The normalized spacial score (nSPS) is 13.1. The summed E-state index contributed by atoms with van der Waals surface area (Å²) in [7, 11) is 2.06. The number of carboxylic acid groups (broad SMARTS) is 1. The molecule has 3 aromatic rings. The second-order valence-corrected chi connectivity index (χ2v) is 8.34. The molecule has 0 fully saturated rings. The van der Waals surface area contributed by atoms with Crippen LogP contribution in [-0.2, 0) is 26.4 Å². The number of pyridine rings is 1. The van der Waals surface area contributed by atoms with Gasteiger partial charge in [0.05, 0.1) is 5.69 Å². The summed E-state index contributed by atoms with van der Waals surface area (Å²) in [6.07, 6.45) is 5.66. The van der Waals surface area contributed by atoms with Crippen molar-refractivity contribution in [1.29, 1.82) is 0 Å². The highest BCUT2D eigenvalue weighted by molar-refractivity contribution is 5.93. The first-order valence-electron chi connectivity index (χ1n) is 11.0. The lowest BCUT2D eigenvalue weighted by Gasteiger charge is -2.13. The number of nitrogens with one attached hydrogen (secondary N) is 2. The number of aromatic amines is 1. The van der Waals surface area contributed by atoms with Crippen LogP contribution >= 0.6 is 0 Å². The quantitative estimate of drug-likeness (QED) is 0.434. The molecule has 0 bridgehead atoms. The topological polar surface area (TPSA) is 107 Å². The van der Waals surface area contributed by atoms with Crippen molar-refractivity contribution in [3.8, 4) is 17.0 Å². The van der Waals surface area contributed by atoms with Gasteiger partial charge in [-0.2, -0.15) is 0 Å². The molecule has 31 heavy (non-hydrogen) atoms. The fourth-order valence-corrected chi connectivity index (χ4v) is 4.57. The highest BCUT2D eigenvalue weighted by Gasteiger charge is 2.26. The Morgan fingerprint density at radius 3 is 2.77 bits per heavy atom. The summed E-state index contributed by atoms with van der Waals surface area (Å²) in [5.74, 6) is -1.83. The Morgan fingerprint density at radius 2 is 2.03 bits per heavy atom. The lowest BCUT2D eigenvalue weighted by atomic mass is 9.98. The van der Waals surface area contributed by atoms with E-state index in [1.165, 1.54) is 25.0 Å². The van der Waals surface area contributed by atoms with Gasteiger partial charge in [0.2, 0.25) is 0 Å². The second kappa shape index (κ2) is 8.59. The average Bonchev–Trinajstić information content (AvgIpc) is 2.91. The third-order valence-corrected chi connectivity index (χ3v) is 6.28. The largest absolute Gasteiger partial charge is 0.506 e. The third-order valence-electron chi connectivity index (χ3n) is 6.28. The Bertz CT molecular complexity index is 1210. The van der Waals surface area contributed by atoms with Crippen molar-refractivity contribution < 1.29 is 15.0 Å². The van der Waals surface area contributed by atoms with Gasteiger partial charge in [-0.05, 0) is 56.0 Å². The number of rotatable bonds is 7. The molecule has 0 aliphatic heterocycles. The second-order valence-electron chi connectivity index (χ2n) is 8.34. The molecule has 1 aliphatic carbocycles. The molecule has 7 nitrogen and oxygen atoms in total.